The number of hydrogen-bond acceptors (Lipinski definition) is 3. The molecule has 5 nitrogen and oxygen atoms in total. The van der Waals surface area contributed by atoms with Crippen molar-refractivity contribution in [2.45, 2.75) is 6.04 Å². The third-order valence-electron chi connectivity index (χ3n) is 2.43. The van der Waals surface area contributed by atoms with E-state index in [2.05, 4.69) is 4.98 Å². The second-order valence-electron chi connectivity index (χ2n) is 3.45. The van der Waals surface area contributed by atoms with Crippen molar-refractivity contribution in [2.75, 3.05) is 13.7 Å². The van der Waals surface area contributed by atoms with E-state index in [1.165, 1.54) is 13.4 Å². The van der Waals surface area contributed by atoms with Crippen LogP contribution in [0.3, 0.4) is 0 Å². The Morgan fingerprint density at radius 3 is 3.00 bits per heavy atom. The minimum atomic E-state index is -0.926. The first-order chi connectivity index (χ1) is 7.74. The molecule has 84 valence electrons. The normalized spacial score (nSPS) is 12.8. The molecule has 0 saturated heterocycles. The van der Waals surface area contributed by atoms with Gasteiger partial charge in [0.15, 0.2) is 6.04 Å². The van der Waals surface area contributed by atoms with Gasteiger partial charge in [0.1, 0.15) is 0 Å². The quantitative estimate of drug-likeness (QED) is 0.843. The number of carboxylic acid groups (broad SMARTS) is 1. The van der Waals surface area contributed by atoms with Crippen molar-refractivity contribution in [1.29, 1.82) is 0 Å². The third-order valence-corrected chi connectivity index (χ3v) is 2.43. The number of hydrogen-bond donors (Lipinski definition) is 1. The molecule has 0 radical (unpaired) electrons. The average molecular weight is 220 g/mol. The molecule has 1 unspecified atom stereocenters. The number of carbonyl (C=O) groups is 1. The van der Waals surface area contributed by atoms with Crippen molar-refractivity contribution in [1.82, 2.24) is 9.55 Å². The van der Waals surface area contributed by atoms with Gasteiger partial charge >= 0.3 is 5.97 Å². The lowest BCUT2D eigenvalue weighted by Crippen LogP contribution is -2.22. The van der Waals surface area contributed by atoms with E-state index in [4.69, 9.17) is 9.84 Å². The van der Waals surface area contributed by atoms with E-state index in [0.29, 0.717) is 0 Å². The van der Waals surface area contributed by atoms with E-state index in [1.54, 1.807) is 4.57 Å². The zero-order chi connectivity index (χ0) is 11.5. The lowest BCUT2D eigenvalue weighted by molar-refractivity contribution is -0.142. The van der Waals surface area contributed by atoms with Crippen LogP contribution in [-0.4, -0.2) is 34.3 Å². The van der Waals surface area contributed by atoms with Crippen LogP contribution >= 0.6 is 0 Å². The van der Waals surface area contributed by atoms with Crippen molar-refractivity contribution >= 4 is 17.0 Å². The maximum atomic E-state index is 11.1. The molecule has 0 bridgehead atoms. The van der Waals surface area contributed by atoms with Crippen LogP contribution in [0.5, 0.6) is 0 Å². The summed E-state index contributed by atoms with van der Waals surface area (Å²) >= 11 is 0. The van der Waals surface area contributed by atoms with Crippen molar-refractivity contribution in [3.05, 3.63) is 30.6 Å². The van der Waals surface area contributed by atoms with Gasteiger partial charge < -0.3 is 14.4 Å². The predicted octanol–water partition coefficient (Wildman–Crippen LogP) is 1.31. The average Bonchev–Trinajstić information content (AvgIpc) is 2.69. The fourth-order valence-corrected chi connectivity index (χ4v) is 1.66. The summed E-state index contributed by atoms with van der Waals surface area (Å²) in [6.45, 7) is 0.121. The van der Waals surface area contributed by atoms with E-state index in [0.717, 1.165) is 11.0 Å². The standard InChI is InChI=1S/C11H12N2O3/c1-16-6-10(11(14)15)13-7-12-8-4-2-3-5-9(8)13/h2-5,7,10H,6H2,1H3,(H,14,15). The Labute approximate surface area is 92.3 Å². The fourth-order valence-electron chi connectivity index (χ4n) is 1.66. The maximum Gasteiger partial charge on any atom is 0.329 e. The van der Waals surface area contributed by atoms with Crippen LogP contribution < -0.4 is 0 Å². The molecule has 5 heteroatoms. The molecular formula is C11H12N2O3. The van der Waals surface area contributed by atoms with E-state index < -0.39 is 12.0 Å². The van der Waals surface area contributed by atoms with Gasteiger partial charge in [0.2, 0.25) is 0 Å². The van der Waals surface area contributed by atoms with Gasteiger partial charge in [-0.05, 0) is 12.1 Å². The fraction of sp³-hybridized carbons (Fsp3) is 0.273. The van der Waals surface area contributed by atoms with Crippen molar-refractivity contribution in [2.24, 2.45) is 0 Å². The number of imidazole rings is 1. The Morgan fingerprint density at radius 2 is 2.31 bits per heavy atom. The minimum absolute atomic E-state index is 0.121. The molecule has 1 aromatic heterocycles. The molecule has 1 N–H and O–H groups in total. The first kappa shape index (κ1) is 10.6. The molecule has 0 aliphatic rings. The highest BCUT2D eigenvalue weighted by molar-refractivity contribution is 5.79. The van der Waals surface area contributed by atoms with Gasteiger partial charge in [-0.15, -0.1) is 0 Å². The topological polar surface area (TPSA) is 64.3 Å². The van der Waals surface area contributed by atoms with Crippen LogP contribution in [0.2, 0.25) is 0 Å². The summed E-state index contributed by atoms with van der Waals surface area (Å²) in [7, 11) is 1.48. The van der Waals surface area contributed by atoms with Gasteiger partial charge in [0.05, 0.1) is 24.0 Å². The largest absolute Gasteiger partial charge is 0.480 e. The van der Waals surface area contributed by atoms with Gasteiger partial charge in [-0.25, -0.2) is 9.78 Å². The molecule has 0 aliphatic heterocycles. The van der Waals surface area contributed by atoms with Crippen LogP contribution in [0.25, 0.3) is 11.0 Å². The number of rotatable bonds is 4. The van der Waals surface area contributed by atoms with Crippen molar-refractivity contribution in [3.8, 4) is 0 Å². The number of fused-ring (bicyclic) bond motifs is 1. The zero-order valence-corrected chi connectivity index (χ0v) is 8.83. The van der Waals surface area contributed by atoms with Gasteiger partial charge in [-0.3, -0.25) is 0 Å². The Kier molecular flexibility index (Phi) is 2.87. The minimum Gasteiger partial charge on any atom is -0.480 e. The molecule has 0 fully saturated rings. The predicted molar refractivity (Wildman–Crippen MR) is 58.3 cm³/mol. The van der Waals surface area contributed by atoms with Gasteiger partial charge in [0, 0.05) is 7.11 Å². The Balaban J connectivity index is 2.48. The number of benzene rings is 1. The van der Waals surface area contributed by atoms with Crippen LogP contribution in [0.4, 0.5) is 0 Å². The summed E-state index contributed by atoms with van der Waals surface area (Å²) in [5.74, 6) is -0.926. The Morgan fingerprint density at radius 1 is 1.56 bits per heavy atom. The second-order valence-corrected chi connectivity index (χ2v) is 3.45. The molecule has 2 aromatic rings. The summed E-state index contributed by atoms with van der Waals surface area (Å²) in [6.07, 6.45) is 1.53. The van der Waals surface area contributed by atoms with E-state index >= 15 is 0 Å². The lowest BCUT2D eigenvalue weighted by Gasteiger charge is -2.13. The van der Waals surface area contributed by atoms with Crippen LogP contribution in [0.1, 0.15) is 6.04 Å². The first-order valence-corrected chi connectivity index (χ1v) is 4.87. The smallest absolute Gasteiger partial charge is 0.329 e. The number of carboxylic acids is 1. The molecule has 1 heterocycles. The molecule has 16 heavy (non-hydrogen) atoms. The summed E-state index contributed by atoms with van der Waals surface area (Å²) in [6, 6.07) is 6.67. The molecule has 0 saturated carbocycles. The first-order valence-electron chi connectivity index (χ1n) is 4.87. The molecule has 1 atom stereocenters. The number of nitrogens with zero attached hydrogens (tertiary/aromatic N) is 2. The van der Waals surface area contributed by atoms with Gasteiger partial charge in [-0.2, -0.15) is 0 Å². The van der Waals surface area contributed by atoms with Gasteiger partial charge in [0.25, 0.3) is 0 Å². The van der Waals surface area contributed by atoms with E-state index in [1.807, 2.05) is 24.3 Å². The van der Waals surface area contributed by atoms with Crippen LogP contribution in [-0.2, 0) is 9.53 Å². The SMILES string of the molecule is COCC(C(=O)O)n1cnc2ccccc21. The summed E-state index contributed by atoms with van der Waals surface area (Å²) in [5, 5.41) is 9.11. The number of aliphatic carboxylic acids is 1. The number of para-hydroxylation sites is 2. The van der Waals surface area contributed by atoms with E-state index in [9.17, 15) is 4.79 Å². The Bertz CT molecular complexity index is 507. The number of aromatic nitrogens is 2. The van der Waals surface area contributed by atoms with Crippen LogP contribution in [0.15, 0.2) is 30.6 Å². The molecule has 1 aromatic carbocycles. The molecule has 2 rings (SSSR count). The van der Waals surface area contributed by atoms with Crippen molar-refractivity contribution in [3.63, 3.8) is 0 Å². The highest BCUT2D eigenvalue weighted by atomic mass is 16.5. The number of ether oxygens (including phenoxy) is 1. The van der Waals surface area contributed by atoms with E-state index in [-0.39, 0.29) is 6.61 Å². The second kappa shape index (κ2) is 4.32. The highest BCUT2D eigenvalue weighted by Crippen LogP contribution is 2.17. The maximum absolute atomic E-state index is 11.1. The molecule has 0 aliphatic carbocycles. The highest BCUT2D eigenvalue weighted by Gasteiger charge is 2.20. The lowest BCUT2D eigenvalue weighted by atomic mass is 10.2. The molecule has 0 spiro atoms. The number of methoxy groups -OCH3 is 1. The third kappa shape index (κ3) is 1.77. The zero-order valence-electron chi connectivity index (χ0n) is 8.83. The Hall–Kier alpha value is -1.88. The van der Waals surface area contributed by atoms with Crippen LogP contribution in [0, 0.1) is 0 Å². The van der Waals surface area contributed by atoms with Gasteiger partial charge in [-0.1, -0.05) is 12.1 Å². The molecule has 0 amide bonds. The summed E-state index contributed by atoms with van der Waals surface area (Å²) < 4.78 is 6.52. The molecular weight excluding hydrogens is 208 g/mol. The monoisotopic (exact) mass is 220 g/mol. The summed E-state index contributed by atoms with van der Waals surface area (Å²) in [5.41, 5.74) is 1.58. The van der Waals surface area contributed by atoms with Crippen molar-refractivity contribution < 1.29 is 14.6 Å². The summed E-state index contributed by atoms with van der Waals surface area (Å²) in [4.78, 5) is 15.3.